The summed E-state index contributed by atoms with van der Waals surface area (Å²) < 4.78 is 4.92. The van der Waals surface area contributed by atoms with Gasteiger partial charge in [-0.3, -0.25) is 14.9 Å². The highest BCUT2D eigenvalue weighted by molar-refractivity contribution is 5.75. The van der Waals surface area contributed by atoms with Gasteiger partial charge in [-0.25, -0.2) is 4.98 Å². The van der Waals surface area contributed by atoms with E-state index in [-0.39, 0.29) is 24.2 Å². The van der Waals surface area contributed by atoms with E-state index in [1.807, 2.05) is 13.8 Å². The Labute approximate surface area is 117 Å². The lowest BCUT2D eigenvalue weighted by molar-refractivity contribution is -0.385. The first-order chi connectivity index (χ1) is 9.36. The molecule has 0 aromatic carbocycles. The molecule has 0 atom stereocenters. The Morgan fingerprint density at radius 2 is 2.20 bits per heavy atom. The van der Waals surface area contributed by atoms with Crippen molar-refractivity contribution in [1.82, 2.24) is 4.98 Å². The molecule has 7 heteroatoms. The summed E-state index contributed by atoms with van der Waals surface area (Å²) in [6, 6.07) is 1.63. The number of esters is 1. The molecule has 0 saturated carbocycles. The van der Waals surface area contributed by atoms with Crippen LogP contribution in [0, 0.1) is 17.0 Å². The van der Waals surface area contributed by atoms with Gasteiger partial charge in [0.25, 0.3) is 5.69 Å². The number of nitrogens with zero attached hydrogens (tertiary/aromatic N) is 3. The Morgan fingerprint density at radius 1 is 1.55 bits per heavy atom. The minimum Gasteiger partial charge on any atom is -0.465 e. The Bertz CT molecular complexity index is 502. The van der Waals surface area contributed by atoms with Crippen LogP contribution in [0.15, 0.2) is 12.3 Å². The molecule has 1 heterocycles. The zero-order chi connectivity index (χ0) is 15.3. The lowest BCUT2D eigenvalue weighted by atomic mass is 10.2. The SMILES string of the molecule is CCOC(=O)CN(c1cc(C)c([N+](=O)[O-])cn1)C(C)C. The van der Waals surface area contributed by atoms with E-state index in [9.17, 15) is 14.9 Å². The number of nitro groups is 1. The van der Waals surface area contributed by atoms with Crippen molar-refractivity contribution < 1.29 is 14.5 Å². The Balaban J connectivity index is 3.01. The van der Waals surface area contributed by atoms with Crippen LogP contribution >= 0.6 is 0 Å². The summed E-state index contributed by atoms with van der Waals surface area (Å²) in [5.41, 5.74) is 0.475. The van der Waals surface area contributed by atoms with E-state index in [0.29, 0.717) is 18.0 Å². The molecule has 0 spiro atoms. The first-order valence-electron chi connectivity index (χ1n) is 6.40. The summed E-state index contributed by atoms with van der Waals surface area (Å²) in [5.74, 6) is 0.176. The number of carbonyl (C=O) groups is 1. The van der Waals surface area contributed by atoms with Gasteiger partial charge >= 0.3 is 5.97 Å². The molecule has 1 aromatic heterocycles. The molecular weight excluding hydrogens is 262 g/mol. The van der Waals surface area contributed by atoms with E-state index in [1.165, 1.54) is 6.20 Å². The summed E-state index contributed by atoms with van der Waals surface area (Å²) in [7, 11) is 0. The van der Waals surface area contributed by atoms with Crippen LogP contribution < -0.4 is 4.90 Å². The topological polar surface area (TPSA) is 85.6 Å². The zero-order valence-corrected chi connectivity index (χ0v) is 12.1. The lowest BCUT2D eigenvalue weighted by Gasteiger charge is -2.26. The molecule has 0 aliphatic heterocycles. The summed E-state index contributed by atoms with van der Waals surface area (Å²) in [6.45, 7) is 7.60. The molecule has 0 radical (unpaired) electrons. The molecule has 0 N–H and O–H groups in total. The fourth-order valence-electron chi connectivity index (χ4n) is 1.76. The quantitative estimate of drug-likeness (QED) is 0.451. The fraction of sp³-hybridized carbons (Fsp3) is 0.538. The Hall–Kier alpha value is -2.18. The van der Waals surface area contributed by atoms with Crippen LogP contribution in [0.1, 0.15) is 26.3 Å². The van der Waals surface area contributed by atoms with Gasteiger partial charge in [0, 0.05) is 11.6 Å². The molecule has 110 valence electrons. The van der Waals surface area contributed by atoms with E-state index in [0.717, 1.165) is 0 Å². The van der Waals surface area contributed by atoms with Crippen molar-refractivity contribution in [2.24, 2.45) is 0 Å². The van der Waals surface area contributed by atoms with Crippen LogP contribution in [-0.4, -0.2) is 35.1 Å². The van der Waals surface area contributed by atoms with Gasteiger partial charge in [0.2, 0.25) is 0 Å². The fourth-order valence-corrected chi connectivity index (χ4v) is 1.76. The van der Waals surface area contributed by atoms with E-state index in [1.54, 1.807) is 24.8 Å². The second kappa shape index (κ2) is 6.83. The van der Waals surface area contributed by atoms with Crippen molar-refractivity contribution in [2.45, 2.75) is 33.7 Å². The highest BCUT2D eigenvalue weighted by Gasteiger charge is 2.19. The third kappa shape index (κ3) is 3.91. The second-order valence-electron chi connectivity index (χ2n) is 4.61. The van der Waals surface area contributed by atoms with E-state index < -0.39 is 4.92 Å². The van der Waals surface area contributed by atoms with Crippen LogP contribution in [-0.2, 0) is 9.53 Å². The lowest BCUT2D eigenvalue weighted by Crippen LogP contribution is -2.37. The van der Waals surface area contributed by atoms with Gasteiger partial charge in [-0.15, -0.1) is 0 Å². The summed E-state index contributed by atoms with van der Waals surface area (Å²) >= 11 is 0. The van der Waals surface area contributed by atoms with Crippen molar-refractivity contribution >= 4 is 17.5 Å². The van der Waals surface area contributed by atoms with E-state index >= 15 is 0 Å². The summed E-state index contributed by atoms with van der Waals surface area (Å²) in [6.07, 6.45) is 1.21. The number of carbonyl (C=O) groups excluding carboxylic acids is 1. The maximum atomic E-state index is 11.6. The average Bonchev–Trinajstić information content (AvgIpc) is 2.35. The predicted octanol–water partition coefficient (Wildman–Crippen LogP) is 2.08. The summed E-state index contributed by atoms with van der Waals surface area (Å²) in [4.78, 5) is 27.7. The largest absolute Gasteiger partial charge is 0.465 e. The number of aryl methyl sites for hydroxylation is 1. The Morgan fingerprint density at radius 3 is 2.65 bits per heavy atom. The van der Waals surface area contributed by atoms with Crippen LogP contribution in [0.3, 0.4) is 0 Å². The number of aromatic nitrogens is 1. The van der Waals surface area contributed by atoms with Gasteiger partial charge in [0.05, 0.1) is 11.5 Å². The first-order valence-corrected chi connectivity index (χ1v) is 6.40. The molecule has 0 aliphatic rings. The van der Waals surface area contributed by atoms with Gasteiger partial charge in [0.1, 0.15) is 18.6 Å². The van der Waals surface area contributed by atoms with Crippen LogP contribution in [0.25, 0.3) is 0 Å². The summed E-state index contributed by atoms with van der Waals surface area (Å²) in [5, 5.41) is 10.8. The maximum absolute atomic E-state index is 11.6. The zero-order valence-electron chi connectivity index (χ0n) is 12.1. The van der Waals surface area contributed by atoms with Gasteiger partial charge < -0.3 is 9.64 Å². The third-order valence-electron chi connectivity index (χ3n) is 2.79. The monoisotopic (exact) mass is 281 g/mol. The van der Waals surface area contributed by atoms with Gasteiger partial charge in [0.15, 0.2) is 0 Å². The molecule has 7 nitrogen and oxygen atoms in total. The third-order valence-corrected chi connectivity index (χ3v) is 2.79. The molecule has 0 aliphatic carbocycles. The van der Waals surface area contributed by atoms with Gasteiger partial charge in [-0.2, -0.15) is 0 Å². The van der Waals surface area contributed by atoms with Crippen LogP contribution in [0.5, 0.6) is 0 Å². The number of hydrogen-bond donors (Lipinski definition) is 0. The van der Waals surface area contributed by atoms with E-state index in [4.69, 9.17) is 4.74 Å². The smallest absolute Gasteiger partial charge is 0.325 e. The van der Waals surface area contributed by atoms with Gasteiger partial charge in [-0.05, 0) is 33.8 Å². The molecule has 0 fully saturated rings. The number of ether oxygens (including phenoxy) is 1. The molecule has 0 amide bonds. The Kier molecular flexibility index (Phi) is 5.42. The van der Waals surface area contributed by atoms with Crippen molar-refractivity contribution in [3.8, 4) is 0 Å². The first kappa shape index (κ1) is 15.9. The highest BCUT2D eigenvalue weighted by Crippen LogP contribution is 2.22. The minimum atomic E-state index is -0.475. The second-order valence-corrected chi connectivity index (χ2v) is 4.61. The standard InChI is InChI=1S/C13H19N3O4/c1-5-20-13(17)8-15(9(2)3)12-6-10(4)11(7-14-12)16(18)19/h6-7,9H,5,8H2,1-4H3. The normalized spacial score (nSPS) is 10.4. The molecule has 0 saturated heterocycles. The van der Waals surface area contributed by atoms with Crippen LogP contribution in [0.2, 0.25) is 0 Å². The van der Waals surface area contributed by atoms with Crippen molar-refractivity contribution in [3.63, 3.8) is 0 Å². The number of rotatable bonds is 6. The number of hydrogen-bond acceptors (Lipinski definition) is 6. The molecular formula is C13H19N3O4. The average molecular weight is 281 g/mol. The van der Waals surface area contributed by atoms with E-state index in [2.05, 4.69) is 4.98 Å². The predicted molar refractivity (Wildman–Crippen MR) is 74.7 cm³/mol. The molecule has 20 heavy (non-hydrogen) atoms. The number of pyridine rings is 1. The van der Waals surface area contributed by atoms with Crippen molar-refractivity contribution in [2.75, 3.05) is 18.1 Å². The van der Waals surface area contributed by atoms with Crippen molar-refractivity contribution in [3.05, 3.63) is 27.9 Å². The molecule has 0 unspecified atom stereocenters. The highest BCUT2D eigenvalue weighted by atomic mass is 16.6. The van der Waals surface area contributed by atoms with Crippen molar-refractivity contribution in [1.29, 1.82) is 0 Å². The molecule has 1 rings (SSSR count). The van der Waals surface area contributed by atoms with Gasteiger partial charge in [-0.1, -0.05) is 0 Å². The maximum Gasteiger partial charge on any atom is 0.325 e. The minimum absolute atomic E-state index is 0.0211. The molecule has 1 aromatic rings. The molecule has 0 bridgehead atoms. The number of anilines is 1. The van der Waals surface area contributed by atoms with Crippen LogP contribution in [0.4, 0.5) is 11.5 Å².